The Morgan fingerprint density at radius 2 is 1.72 bits per heavy atom. The first-order chi connectivity index (χ1) is 18.1. The molecule has 2 aromatic rings. The van der Waals surface area contributed by atoms with Gasteiger partial charge in [0, 0.05) is 36.9 Å². The van der Waals surface area contributed by atoms with Gasteiger partial charge in [0.15, 0.2) is 27.3 Å². The van der Waals surface area contributed by atoms with Crippen LogP contribution in [0.5, 0.6) is 0 Å². The van der Waals surface area contributed by atoms with Crippen molar-refractivity contribution in [2.24, 2.45) is 11.8 Å². The van der Waals surface area contributed by atoms with Crippen LogP contribution in [0.4, 0.5) is 18.9 Å². The molecule has 0 heterocycles. The number of sulfone groups is 1. The average Bonchev–Trinajstić information content (AvgIpc) is 2.86. The van der Waals surface area contributed by atoms with Gasteiger partial charge in [-0.3, -0.25) is 9.59 Å². The van der Waals surface area contributed by atoms with Gasteiger partial charge >= 0.3 is 0 Å². The second-order valence-electron chi connectivity index (χ2n) is 10.4. The minimum atomic E-state index is -4.07. The lowest BCUT2D eigenvalue weighted by atomic mass is 9.53. The maximum Gasteiger partial charge on any atom is 0.255 e. The SMILES string of the molecule is CC(=O)N(C[C@H](C)O)CC1(O)C2CC1CC(S(=O)(=O)c1cc(C(=O)Nc3cc(F)c(F)c(F)c3)ccc1Cl)C2. The van der Waals surface area contributed by atoms with Gasteiger partial charge < -0.3 is 20.4 Å². The van der Waals surface area contributed by atoms with Crippen LogP contribution in [0.15, 0.2) is 35.2 Å². The van der Waals surface area contributed by atoms with Gasteiger partial charge in [-0.25, -0.2) is 21.6 Å². The van der Waals surface area contributed by atoms with Gasteiger partial charge in [0.2, 0.25) is 5.91 Å². The van der Waals surface area contributed by atoms with Crippen molar-refractivity contribution in [3.63, 3.8) is 0 Å². The van der Waals surface area contributed by atoms with Crippen LogP contribution >= 0.6 is 11.6 Å². The van der Waals surface area contributed by atoms with Crippen LogP contribution < -0.4 is 5.32 Å². The molecule has 0 radical (unpaired) electrons. The standard InChI is InChI=1S/C26H28ClF3N2O6S/c1-13(33)11-32(14(2)34)12-26(36)16-6-17(26)8-19(7-16)39(37,38)23-5-15(3-4-20(23)27)25(35)31-18-9-21(28)24(30)22(29)10-18/h3-5,9-10,13,16-17,19,33,36H,6-8,11-12H2,1-2H3,(H,31,35)/t13-,16?,17?,19?,26?/m0/s1. The molecule has 5 rings (SSSR count). The number of nitrogens with one attached hydrogen (secondary N) is 1. The quantitative estimate of drug-likeness (QED) is 0.405. The smallest absolute Gasteiger partial charge is 0.255 e. The zero-order chi connectivity index (χ0) is 28.9. The summed E-state index contributed by atoms with van der Waals surface area (Å²) in [6, 6.07) is 4.70. The van der Waals surface area contributed by atoms with E-state index in [1.807, 2.05) is 0 Å². The van der Waals surface area contributed by atoms with E-state index in [1.165, 1.54) is 30.9 Å². The molecular formula is C26H28ClF3N2O6S. The van der Waals surface area contributed by atoms with Crippen molar-refractivity contribution in [3.8, 4) is 0 Å². The zero-order valence-electron chi connectivity index (χ0n) is 21.1. The molecule has 39 heavy (non-hydrogen) atoms. The normalized spacial score (nSPS) is 25.0. The van der Waals surface area contributed by atoms with E-state index in [-0.39, 0.29) is 53.0 Å². The van der Waals surface area contributed by atoms with E-state index in [9.17, 15) is 41.4 Å². The summed E-state index contributed by atoms with van der Waals surface area (Å²) in [5, 5.41) is 22.2. The first-order valence-corrected chi connectivity index (χ1v) is 14.2. The number of fused-ring (bicyclic) bond motifs is 2. The number of aliphatic hydroxyl groups is 2. The highest BCUT2D eigenvalue weighted by Gasteiger charge is 2.60. The predicted molar refractivity (Wildman–Crippen MR) is 136 cm³/mol. The van der Waals surface area contributed by atoms with Crippen LogP contribution in [-0.4, -0.2) is 65.4 Å². The van der Waals surface area contributed by atoms with Gasteiger partial charge in [0.1, 0.15) is 0 Å². The Balaban J connectivity index is 1.52. The first-order valence-electron chi connectivity index (χ1n) is 12.3. The van der Waals surface area contributed by atoms with Gasteiger partial charge in [0.25, 0.3) is 5.91 Å². The number of rotatable bonds is 8. The fourth-order valence-electron chi connectivity index (χ4n) is 5.57. The van der Waals surface area contributed by atoms with Gasteiger partial charge in [-0.05, 0) is 56.2 Å². The maximum absolute atomic E-state index is 13.6. The van der Waals surface area contributed by atoms with Crippen molar-refractivity contribution in [2.75, 3.05) is 18.4 Å². The highest BCUT2D eigenvalue weighted by atomic mass is 35.5. The summed E-state index contributed by atoms with van der Waals surface area (Å²) in [6.45, 7) is 2.89. The molecule has 0 aliphatic heterocycles. The van der Waals surface area contributed by atoms with Gasteiger partial charge in [-0.1, -0.05) is 11.6 Å². The third kappa shape index (κ3) is 5.65. The molecule has 2 unspecified atom stereocenters. The molecule has 8 nitrogen and oxygen atoms in total. The summed E-state index contributed by atoms with van der Waals surface area (Å²) in [5.41, 5.74) is -1.80. The molecule has 3 aliphatic carbocycles. The minimum absolute atomic E-state index is 0.0175. The molecule has 3 fully saturated rings. The van der Waals surface area contributed by atoms with Crippen molar-refractivity contribution in [1.82, 2.24) is 4.90 Å². The minimum Gasteiger partial charge on any atom is -0.392 e. The Bertz CT molecular complexity index is 1390. The molecule has 3 aliphatic rings. The summed E-state index contributed by atoms with van der Waals surface area (Å²) in [4.78, 5) is 25.8. The Hall–Kier alpha value is -2.67. The van der Waals surface area contributed by atoms with Crippen LogP contribution in [0.1, 0.15) is 43.5 Å². The number of hydrogen-bond acceptors (Lipinski definition) is 6. The maximum atomic E-state index is 13.6. The largest absolute Gasteiger partial charge is 0.392 e. The van der Waals surface area contributed by atoms with Crippen molar-refractivity contribution in [3.05, 3.63) is 58.4 Å². The molecule has 3 N–H and O–H groups in total. The lowest BCUT2D eigenvalue weighted by molar-refractivity contribution is -0.190. The summed E-state index contributed by atoms with van der Waals surface area (Å²) in [6.07, 6.45) is 0.00950. The van der Waals surface area contributed by atoms with E-state index in [1.54, 1.807) is 0 Å². The molecule has 0 spiro atoms. The molecule has 212 valence electrons. The molecule has 13 heteroatoms. The van der Waals surface area contributed by atoms with Crippen molar-refractivity contribution in [1.29, 1.82) is 0 Å². The van der Waals surface area contributed by atoms with Crippen LogP contribution in [-0.2, 0) is 14.6 Å². The number of carbonyl (C=O) groups is 2. The van der Waals surface area contributed by atoms with Gasteiger partial charge in [-0.2, -0.15) is 0 Å². The Morgan fingerprint density at radius 3 is 2.26 bits per heavy atom. The van der Waals surface area contributed by atoms with Crippen LogP contribution in [0, 0.1) is 29.3 Å². The first kappa shape index (κ1) is 29.3. The molecule has 3 saturated carbocycles. The third-order valence-electron chi connectivity index (χ3n) is 7.63. The lowest BCUT2D eigenvalue weighted by Gasteiger charge is -2.59. The van der Waals surface area contributed by atoms with Crippen LogP contribution in [0.25, 0.3) is 0 Å². The molecule has 0 saturated heterocycles. The third-order valence-corrected chi connectivity index (χ3v) is 10.3. The van der Waals surface area contributed by atoms with Gasteiger partial charge in [-0.15, -0.1) is 0 Å². The van der Waals surface area contributed by atoms with E-state index in [4.69, 9.17) is 11.6 Å². The number of carbonyl (C=O) groups excluding carboxylic acids is 2. The topological polar surface area (TPSA) is 124 Å². The van der Waals surface area contributed by atoms with Crippen molar-refractivity contribution < 1.29 is 41.4 Å². The van der Waals surface area contributed by atoms with Crippen LogP contribution in [0.3, 0.4) is 0 Å². The van der Waals surface area contributed by atoms with E-state index >= 15 is 0 Å². The monoisotopic (exact) mass is 588 g/mol. The van der Waals surface area contributed by atoms with E-state index in [0.717, 1.165) is 6.07 Å². The fraction of sp³-hybridized carbons (Fsp3) is 0.462. The zero-order valence-corrected chi connectivity index (χ0v) is 22.7. The molecule has 2 amide bonds. The van der Waals surface area contributed by atoms with E-state index in [0.29, 0.717) is 18.6 Å². The number of benzene rings is 2. The molecule has 0 aromatic heterocycles. The van der Waals surface area contributed by atoms with E-state index < -0.39 is 62.0 Å². The highest BCUT2D eigenvalue weighted by molar-refractivity contribution is 7.92. The summed E-state index contributed by atoms with van der Waals surface area (Å²) in [5.74, 6) is -6.71. The summed E-state index contributed by atoms with van der Waals surface area (Å²) >= 11 is 6.21. The number of anilines is 1. The Labute approximate surface area is 228 Å². The second kappa shape index (κ2) is 10.7. The van der Waals surface area contributed by atoms with Crippen molar-refractivity contribution >= 4 is 38.9 Å². The van der Waals surface area contributed by atoms with Crippen molar-refractivity contribution in [2.45, 2.75) is 55.0 Å². The van der Waals surface area contributed by atoms with Gasteiger partial charge in [0.05, 0.1) is 33.4 Å². The average molecular weight is 589 g/mol. The Kier molecular flexibility index (Phi) is 8.06. The second-order valence-corrected chi connectivity index (χ2v) is 13.0. The molecule has 2 bridgehead atoms. The number of halogens is 4. The molecule has 2 aromatic carbocycles. The summed E-state index contributed by atoms with van der Waals surface area (Å²) in [7, 11) is -4.07. The molecule has 3 atom stereocenters. The fourth-order valence-corrected chi connectivity index (χ4v) is 7.97. The predicted octanol–water partition coefficient (Wildman–Crippen LogP) is 3.54. The lowest BCUT2D eigenvalue weighted by Crippen LogP contribution is -2.66. The number of hydrogen-bond donors (Lipinski definition) is 3. The number of aliphatic hydroxyl groups excluding tert-OH is 1. The number of amides is 2. The summed E-state index contributed by atoms with van der Waals surface area (Å²) < 4.78 is 67.4. The number of nitrogens with zero attached hydrogens (tertiary/aromatic N) is 1. The molecular weight excluding hydrogens is 561 g/mol. The van der Waals surface area contributed by atoms with Crippen LogP contribution in [0.2, 0.25) is 5.02 Å². The van der Waals surface area contributed by atoms with E-state index in [2.05, 4.69) is 5.32 Å². The Morgan fingerprint density at radius 1 is 1.13 bits per heavy atom. The highest BCUT2D eigenvalue weighted by Crippen LogP contribution is 2.56.